The summed E-state index contributed by atoms with van der Waals surface area (Å²) < 4.78 is 0. The quantitative estimate of drug-likeness (QED) is 0.793. The normalized spacial score (nSPS) is 27.6. The number of primary amides is 1. The predicted octanol–water partition coefficient (Wildman–Crippen LogP) is 3.58. The van der Waals surface area contributed by atoms with Crippen molar-refractivity contribution in [1.29, 1.82) is 0 Å². The molecule has 1 aliphatic carbocycles. The topological polar surface area (TPSA) is 66.6 Å². The number of carbonyl (C=O) groups excluding carboxylic acids is 2. The van der Waals surface area contributed by atoms with E-state index in [0.29, 0.717) is 11.6 Å². The van der Waals surface area contributed by atoms with Gasteiger partial charge in [0.05, 0.1) is 11.3 Å². The van der Waals surface area contributed by atoms with E-state index in [0.717, 1.165) is 49.0 Å². The SMILES string of the molecule is CC(C)[C@H]1CC[C@@H](N2CCC(N3C(=O)/C(=C\C(N)=O)c4ccccc43)CC2)CC1. The van der Waals surface area contributed by atoms with E-state index in [1.165, 1.54) is 31.8 Å². The molecule has 1 saturated carbocycles. The summed E-state index contributed by atoms with van der Waals surface area (Å²) in [5.74, 6) is 1.03. The maximum Gasteiger partial charge on any atom is 0.259 e. The van der Waals surface area contributed by atoms with Gasteiger partial charge in [-0.15, -0.1) is 0 Å². The molecule has 2 amide bonds. The van der Waals surface area contributed by atoms with Crippen LogP contribution in [0.2, 0.25) is 0 Å². The highest BCUT2D eigenvalue weighted by Crippen LogP contribution is 2.40. The van der Waals surface area contributed by atoms with Crippen molar-refractivity contribution in [3.05, 3.63) is 35.9 Å². The van der Waals surface area contributed by atoms with Gasteiger partial charge in [-0.05, 0) is 56.4 Å². The summed E-state index contributed by atoms with van der Waals surface area (Å²) in [7, 11) is 0. The molecule has 2 fully saturated rings. The van der Waals surface area contributed by atoms with Crippen molar-refractivity contribution in [2.45, 2.75) is 64.5 Å². The van der Waals surface area contributed by atoms with Gasteiger partial charge >= 0.3 is 0 Å². The molecule has 0 spiro atoms. The smallest absolute Gasteiger partial charge is 0.259 e. The summed E-state index contributed by atoms with van der Waals surface area (Å²) >= 11 is 0. The number of likely N-dealkylation sites (tertiary alicyclic amines) is 1. The Balaban J connectivity index is 1.43. The van der Waals surface area contributed by atoms with Crippen molar-refractivity contribution in [2.75, 3.05) is 18.0 Å². The van der Waals surface area contributed by atoms with Gasteiger partial charge in [0.2, 0.25) is 5.91 Å². The average molecular weight is 396 g/mol. The summed E-state index contributed by atoms with van der Waals surface area (Å²) in [5.41, 5.74) is 7.53. The minimum Gasteiger partial charge on any atom is -0.366 e. The van der Waals surface area contributed by atoms with Crippen molar-refractivity contribution in [3.63, 3.8) is 0 Å². The van der Waals surface area contributed by atoms with Crippen molar-refractivity contribution < 1.29 is 9.59 Å². The molecule has 1 saturated heterocycles. The van der Waals surface area contributed by atoms with Gasteiger partial charge in [0.15, 0.2) is 0 Å². The van der Waals surface area contributed by atoms with E-state index >= 15 is 0 Å². The van der Waals surface area contributed by atoms with Gasteiger partial charge in [-0.3, -0.25) is 9.59 Å². The second kappa shape index (κ2) is 8.31. The number of benzene rings is 1. The van der Waals surface area contributed by atoms with Crippen LogP contribution in [-0.2, 0) is 9.59 Å². The zero-order valence-electron chi connectivity index (χ0n) is 17.6. The number of hydrogen-bond acceptors (Lipinski definition) is 3. The lowest BCUT2D eigenvalue weighted by Crippen LogP contribution is -2.49. The largest absolute Gasteiger partial charge is 0.366 e. The van der Waals surface area contributed by atoms with E-state index in [-0.39, 0.29) is 11.9 Å². The average Bonchev–Trinajstić information content (AvgIpc) is 2.99. The molecule has 0 atom stereocenters. The van der Waals surface area contributed by atoms with E-state index in [2.05, 4.69) is 18.7 Å². The first-order valence-corrected chi connectivity index (χ1v) is 11.1. The summed E-state index contributed by atoms with van der Waals surface area (Å²) in [4.78, 5) is 29.1. The number of rotatable bonds is 4. The van der Waals surface area contributed by atoms with Crippen LogP contribution in [0, 0.1) is 11.8 Å². The molecular weight excluding hydrogens is 362 g/mol. The Bertz CT molecular complexity index is 800. The van der Waals surface area contributed by atoms with Gasteiger partial charge < -0.3 is 15.5 Å². The molecule has 29 heavy (non-hydrogen) atoms. The van der Waals surface area contributed by atoms with Crippen LogP contribution >= 0.6 is 0 Å². The van der Waals surface area contributed by atoms with Crippen LogP contribution in [-0.4, -0.2) is 41.9 Å². The first-order valence-electron chi connectivity index (χ1n) is 11.1. The zero-order chi connectivity index (χ0) is 20.5. The van der Waals surface area contributed by atoms with Crippen LogP contribution < -0.4 is 10.6 Å². The summed E-state index contributed by atoms with van der Waals surface area (Å²) in [6.45, 7) is 6.79. The van der Waals surface area contributed by atoms with Crippen LogP contribution in [0.5, 0.6) is 0 Å². The van der Waals surface area contributed by atoms with E-state index in [1.54, 1.807) is 0 Å². The number of piperidine rings is 1. The van der Waals surface area contributed by atoms with E-state index < -0.39 is 5.91 Å². The fourth-order valence-electron chi connectivity index (χ4n) is 5.55. The molecule has 2 heterocycles. The Hall–Kier alpha value is -2.14. The number of nitrogens with zero attached hydrogens (tertiary/aromatic N) is 2. The third-order valence-corrected chi connectivity index (χ3v) is 7.25. The van der Waals surface area contributed by atoms with Crippen LogP contribution in [0.25, 0.3) is 5.57 Å². The lowest BCUT2D eigenvalue weighted by molar-refractivity contribution is -0.115. The molecule has 3 aliphatic rings. The molecule has 5 heteroatoms. The second-order valence-corrected chi connectivity index (χ2v) is 9.23. The molecular formula is C24H33N3O2. The molecule has 1 aromatic carbocycles. The van der Waals surface area contributed by atoms with E-state index in [1.807, 2.05) is 29.2 Å². The van der Waals surface area contributed by atoms with E-state index in [4.69, 9.17) is 5.73 Å². The van der Waals surface area contributed by atoms with Gasteiger partial charge in [0.25, 0.3) is 5.91 Å². The van der Waals surface area contributed by atoms with Gasteiger partial charge in [0.1, 0.15) is 0 Å². The first kappa shape index (κ1) is 20.1. The minimum atomic E-state index is -0.572. The number of anilines is 1. The first-order chi connectivity index (χ1) is 14.0. The lowest BCUT2D eigenvalue weighted by Gasteiger charge is -2.43. The fraction of sp³-hybridized carbons (Fsp3) is 0.583. The third kappa shape index (κ3) is 3.97. The highest BCUT2D eigenvalue weighted by atomic mass is 16.2. The van der Waals surface area contributed by atoms with Gasteiger partial charge in [0, 0.05) is 36.8 Å². The third-order valence-electron chi connectivity index (χ3n) is 7.25. The molecule has 4 rings (SSSR count). The maximum atomic E-state index is 13.1. The molecule has 0 bridgehead atoms. The van der Waals surface area contributed by atoms with Crippen molar-refractivity contribution >= 4 is 23.1 Å². The molecule has 5 nitrogen and oxygen atoms in total. The van der Waals surface area contributed by atoms with Crippen LogP contribution in [0.4, 0.5) is 5.69 Å². The van der Waals surface area contributed by atoms with Crippen LogP contribution in [0.3, 0.4) is 0 Å². The lowest BCUT2D eigenvalue weighted by atomic mass is 9.79. The van der Waals surface area contributed by atoms with Gasteiger partial charge in [-0.1, -0.05) is 32.0 Å². The molecule has 0 aromatic heterocycles. The summed E-state index contributed by atoms with van der Waals surface area (Å²) in [6, 6.07) is 8.64. The number of para-hydroxylation sites is 1. The summed E-state index contributed by atoms with van der Waals surface area (Å²) in [5, 5.41) is 0. The Morgan fingerprint density at radius 2 is 1.69 bits per heavy atom. The van der Waals surface area contributed by atoms with Crippen molar-refractivity contribution in [1.82, 2.24) is 4.90 Å². The molecule has 0 radical (unpaired) electrons. The number of carbonyl (C=O) groups is 2. The number of fused-ring (bicyclic) bond motifs is 1. The predicted molar refractivity (Wildman–Crippen MR) is 116 cm³/mol. The van der Waals surface area contributed by atoms with Crippen LogP contribution in [0.1, 0.15) is 57.9 Å². The van der Waals surface area contributed by atoms with E-state index in [9.17, 15) is 9.59 Å². The Kier molecular flexibility index (Phi) is 5.77. The number of amides is 2. The minimum absolute atomic E-state index is 0.0825. The highest BCUT2D eigenvalue weighted by Gasteiger charge is 2.39. The Morgan fingerprint density at radius 3 is 2.31 bits per heavy atom. The van der Waals surface area contributed by atoms with Crippen molar-refractivity contribution in [3.8, 4) is 0 Å². The molecule has 156 valence electrons. The zero-order valence-corrected chi connectivity index (χ0v) is 17.6. The fourth-order valence-corrected chi connectivity index (χ4v) is 5.55. The Labute approximate surface area is 173 Å². The highest BCUT2D eigenvalue weighted by molar-refractivity contribution is 6.35. The van der Waals surface area contributed by atoms with Gasteiger partial charge in [-0.2, -0.15) is 0 Å². The second-order valence-electron chi connectivity index (χ2n) is 9.23. The van der Waals surface area contributed by atoms with Crippen molar-refractivity contribution in [2.24, 2.45) is 17.6 Å². The maximum absolute atomic E-state index is 13.1. The molecule has 1 aromatic rings. The molecule has 2 aliphatic heterocycles. The van der Waals surface area contributed by atoms with Crippen LogP contribution in [0.15, 0.2) is 30.3 Å². The molecule has 0 unspecified atom stereocenters. The standard InChI is InChI=1S/C24H33N3O2/c1-16(2)17-7-9-18(10-8-17)26-13-11-19(12-14-26)27-22-6-4-3-5-20(22)21(24(27)29)15-23(25)28/h3-6,15-19H,7-14H2,1-2H3,(H2,25,28)/b21-15-/t17-,18+. The monoisotopic (exact) mass is 395 g/mol. The Morgan fingerprint density at radius 1 is 1.03 bits per heavy atom. The van der Waals surface area contributed by atoms with Gasteiger partial charge in [-0.25, -0.2) is 0 Å². The number of hydrogen-bond donors (Lipinski definition) is 1. The molecule has 2 N–H and O–H groups in total. The number of nitrogens with two attached hydrogens (primary N) is 1. The summed E-state index contributed by atoms with van der Waals surface area (Å²) in [6.07, 6.45) is 8.56.